The van der Waals surface area contributed by atoms with E-state index in [0.29, 0.717) is 18.1 Å². The maximum absolute atomic E-state index is 13.4. The number of hydrogen-bond acceptors (Lipinski definition) is 2. The molecule has 2 aromatic carbocycles. The van der Waals surface area contributed by atoms with Crippen LogP contribution in [0.3, 0.4) is 0 Å². The van der Waals surface area contributed by atoms with Crippen molar-refractivity contribution in [3.63, 3.8) is 0 Å². The minimum Gasteiger partial charge on any atom is -0.372 e. The summed E-state index contributed by atoms with van der Waals surface area (Å²) < 4.78 is 7.94. The number of nitrogens with zero attached hydrogens (tertiary/aromatic N) is 2. The van der Waals surface area contributed by atoms with Crippen LogP contribution in [0.5, 0.6) is 0 Å². The van der Waals surface area contributed by atoms with Gasteiger partial charge in [-0.05, 0) is 56.7 Å². The fraction of sp³-hybridized carbons (Fsp3) is 0.292. The summed E-state index contributed by atoms with van der Waals surface area (Å²) in [5.74, 6) is 0.0504. The first-order chi connectivity index (χ1) is 13.9. The number of ether oxygens (including phenoxy) is 1. The van der Waals surface area contributed by atoms with E-state index in [4.69, 9.17) is 16.3 Å². The lowest BCUT2D eigenvalue weighted by Crippen LogP contribution is -2.48. The van der Waals surface area contributed by atoms with E-state index < -0.39 is 0 Å². The van der Waals surface area contributed by atoms with Gasteiger partial charge in [-0.1, -0.05) is 41.9 Å². The van der Waals surface area contributed by atoms with E-state index in [1.54, 1.807) is 0 Å². The maximum atomic E-state index is 13.4. The molecule has 3 aromatic rings. The highest BCUT2D eigenvalue weighted by atomic mass is 35.5. The molecule has 1 amide bonds. The third kappa shape index (κ3) is 3.96. The highest BCUT2D eigenvalue weighted by Crippen LogP contribution is 2.31. The van der Waals surface area contributed by atoms with Crippen molar-refractivity contribution in [3.8, 4) is 16.9 Å². The van der Waals surface area contributed by atoms with Gasteiger partial charge in [0.1, 0.15) is 0 Å². The first-order valence-corrected chi connectivity index (χ1v) is 10.3. The molecule has 1 fully saturated rings. The molecule has 5 heteroatoms. The number of amides is 1. The average molecular weight is 409 g/mol. The Balaban J connectivity index is 1.81. The lowest BCUT2D eigenvalue weighted by molar-refractivity contribution is -0.0586. The molecule has 1 saturated heterocycles. The zero-order chi connectivity index (χ0) is 20.5. The number of para-hydroxylation sites is 1. The minimum absolute atomic E-state index is 0.0370. The van der Waals surface area contributed by atoms with Gasteiger partial charge in [0, 0.05) is 29.5 Å². The molecule has 1 aliphatic heterocycles. The van der Waals surface area contributed by atoms with Crippen LogP contribution in [0.4, 0.5) is 0 Å². The van der Waals surface area contributed by atoms with Gasteiger partial charge in [-0.3, -0.25) is 4.79 Å². The third-order valence-electron chi connectivity index (χ3n) is 5.34. The monoisotopic (exact) mass is 408 g/mol. The molecule has 0 bridgehead atoms. The van der Waals surface area contributed by atoms with Crippen LogP contribution in [0.1, 0.15) is 29.9 Å². The first-order valence-electron chi connectivity index (χ1n) is 9.92. The van der Waals surface area contributed by atoms with E-state index in [0.717, 1.165) is 28.2 Å². The molecule has 0 radical (unpaired) electrons. The molecule has 2 heterocycles. The third-order valence-corrected chi connectivity index (χ3v) is 5.59. The summed E-state index contributed by atoms with van der Waals surface area (Å²) in [6, 6.07) is 19.8. The second kappa shape index (κ2) is 8.05. The molecule has 150 valence electrons. The van der Waals surface area contributed by atoms with Crippen molar-refractivity contribution < 1.29 is 9.53 Å². The normalized spacial score (nSPS) is 19.4. The predicted octanol–water partition coefficient (Wildman–Crippen LogP) is 5.36. The van der Waals surface area contributed by atoms with Gasteiger partial charge in [0.25, 0.3) is 5.91 Å². The van der Waals surface area contributed by atoms with Gasteiger partial charge in [0.05, 0.1) is 23.5 Å². The van der Waals surface area contributed by atoms with Crippen molar-refractivity contribution in [2.24, 2.45) is 0 Å². The molecule has 1 aromatic heterocycles. The van der Waals surface area contributed by atoms with Gasteiger partial charge >= 0.3 is 0 Å². The molecule has 29 heavy (non-hydrogen) atoms. The Morgan fingerprint density at radius 1 is 1.00 bits per heavy atom. The lowest BCUT2D eigenvalue weighted by Gasteiger charge is -2.35. The predicted molar refractivity (Wildman–Crippen MR) is 117 cm³/mol. The van der Waals surface area contributed by atoms with Crippen molar-refractivity contribution in [3.05, 3.63) is 76.9 Å². The fourth-order valence-corrected chi connectivity index (χ4v) is 4.21. The Morgan fingerprint density at radius 3 is 2.24 bits per heavy atom. The smallest absolute Gasteiger partial charge is 0.255 e. The Kier molecular flexibility index (Phi) is 5.48. The molecule has 0 spiro atoms. The van der Waals surface area contributed by atoms with E-state index in [1.165, 1.54) is 0 Å². The van der Waals surface area contributed by atoms with Crippen LogP contribution in [-0.4, -0.2) is 40.7 Å². The van der Waals surface area contributed by atoms with Crippen molar-refractivity contribution in [1.29, 1.82) is 0 Å². The zero-order valence-electron chi connectivity index (χ0n) is 16.9. The Bertz CT molecular complexity index is 1000. The van der Waals surface area contributed by atoms with Crippen molar-refractivity contribution in [2.45, 2.75) is 33.0 Å². The number of aromatic nitrogens is 1. The summed E-state index contributed by atoms with van der Waals surface area (Å²) in [6.07, 6.45) is 0.0740. The summed E-state index contributed by atoms with van der Waals surface area (Å²) in [5, 5.41) is 0.691. The van der Waals surface area contributed by atoms with Crippen LogP contribution in [0.15, 0.2) is 60.7 Å². The number of benzene rings is 2. The summed E-state index contributed by atoms with van der Waals surface area (Å²) in [6.45, 7) is 7.24. The molecule has 0 saturated carbocycles. The van der Waals surface area contributed by atoms with Crippen LogP contribution in [0, 0.1) is 6.92 Å². The van der Waals surface area contributed by atoms with E-state index in [1.807, 2.05) is 74.2 Å². The van der Waals surface area contributed by atoms with Crippen molar-refractivity contribution in [2.75, 3.05) is 13.1 Å². The fourth-order valence-electron chi connectivity index (χ4n) is 4.08. The van der Waals surface area contributed by atoms with E-state index in [9.17, 15) is 4.79 Å². The lowest BCUT2D eigenvalue weighted by atomic mass is 10.1. The van der Waals surface area contributed by atoms with Crippen LogP contribution in [0.25, 0.3) is 16.9 Å². The topological polar surface area (TPSA) is 34.5 Å². The van der Waals surface area contributed by atoms with Gasteiger partial charge in [-0.2, -0.15) is 0 Å². The molecule has 1 aliphatic rings. The summed E-state index contributed by atoms with van der Waals surface area (Å²) >= 11 is 6.09. The van der Waals surface area contributed by atoms with Crippen molar-refractivity contribution >= 4 is 17.5 Å². The summed E-state index contributed by atoms with van der Waals surface area (Å²) in [7, 11) is 0. The highest BCUT2D eigenvalue weighted by molar-refractivity contribution is 6.30. The Morgan fingerprint density at radius 2 is 1.62 bits per heavy atom. The van der Waals surface area contributed by atoms with Crippen LogP contribution < -0.4 is 0 Å². The van der Waals surface area contributed by atoms with E-state index in [2.05, 4.69) is 16.7 Å². The Hall–Kier alpha value is -2.56. The molecular formula is C24H25ClN2O2. The second-order valence-corrected chi connectivity index (χ2v) is 8.11. The molecule has 4 rings (SSSR count). The number of morpholine rings is 1. The van der Waals surface area contributed by atoms with Crippen molar-refractivity contribution in [1.82, 2.24) is 9.47 Å². The molecule has 2 atom stereocenters. The summed E-state index contributed by atoms with van der Waals surface area (Å²) in [5.41, 5.74) is 4.67. The molecule has 0 unspecified atom stereocenters. The second-order valence-electron chi connectivity index (χ2n) is 7.67. The number of carbonyl (C=O) groups is 1. The molecular weight excluding hydrogens is 384 g/mol. The average Bonchev–Trinajstić information content (AvgIpc) is 3.05. The van der Waals surface area contributed by atoms with Crippen LogP contribution in [-0.2, 0) is 4.74 Å². The van der Waals surface area contributed by atoms with Gasteiger partial charge in [-0.25, -0.2) is 0 Å². The van der Waals surface area contributed by atoms with Gasteiger partial charge in [-0.15, -0.1) is 0 Å². The molecule has 0 aliphatic carbocycles. The Labute approximate surface area is 176 Å². The van der Waals surface area contributed by atoms with Crippen LogP contribution in [0.2, 0.25) is 5.02 Å². The van der Waals surface area contributed by atoms with Gasteiger partial charge < -0.3 is 14.2 Å². The van der Waals surface area contributed by atoms with Gasteiger partial charge in [0.2, 0.25) is 0 Å². The number of halogens is 1. The van der Waals surface area contributed by atoms with E-state index in [-0.39, 0.29) is 18.1 Å². The van der Waals surface area contributed by atoms with Gasteiger partial charge in [0.15, 0.2) is 0 Å². The van der Waals surface area contributed by atoms with Crippen LogP contribution >= 0.6 is 11.6 Å². The highest BCUT2D eigenvalue weighted by Gasteiger charge is 2.29. The minimum atomic E-state index is 0.0370. The van der Waals surface area contributed by atoms with E-state index >= 15 is 0 Å². The quantitative estimate of drug-likeness (QED) is 0.585. The number of hydrogen-bond donors (Lipinski definition) is 0. The number of carbonyl (C=O) groups excluding carboxylic acids is 1. The maximum Gasteiger partial charge on any atom is 0.255 e. The first kappa shape index (κ1) is 19.7. The SMILES string of the molecule is Cc1c(C(=O)N2C[C@@H](C)O[C@H](C)C2)cc(-c2ccc(Cl)cc2)n1-c1ccccc1. The largest absolute Gasteiger partial charge is 0.372 e. The summed E-state index contributed by atoms with van der Waals surface area (Å²) in [4.78, 5) is 15.3. The number of rotatable bonds is 3. The molecule has 4 nitrogen and oxygen atoms in total. The zero-order valence-corrected chi connectivity index (χ0v) is 17.7. The standard InChI is InChI=1S/C24H25ClN2O2/c1-16-14-26(15-17(2)29-16)24(28)22-13-23(19-9-11-20(25)12-10-19)27(18(22)3)21-7-5-4-6-8-21/h4-13,16-17H,14-15H2,1-3H3/t16-,17-/m1/s1. The molecule has 0 N–H and O–H groups in total.